The molecular weight excluding hydrogens is 276 g/mol. The molecule has 0 spiro atoms. The maximum absolute atomic E-state index is 11.1. The Bertz CT molecular complexity index is 722. The van der Waals surface area contributed by atoms with Crippen LogP contribution in [0.5, 0.6) is 5.75 Å². The van der Waals surface area contributed by atoms with E-state index in [0.29, 0.717) is 5.69 Å². The Balaban J connectivity index is 2.24. The number of hydrogen-bond acceptors (Lipinski definition) is 4. The molecule has 0 bridgehead atoms. The molecule has 6 heteroatoms. The predicted molar refractivity (Wildman–Crippen MR) is 78.1 cm³/mol. The summed E-state index contributed by atoms with van der Waals surface area (Å²) in [5.41, 5.74) is 1.47. The fourth-order valence-electron chi connectivity index (χ4n) is 1.64. The summed E-state index contributed by atoms with van der Waals surface area (Å²) in [6.45, 7) is 0. The third-order valence-corrected chi connectivity index (χ3v) is 3.59. The lowest BCUT2D eigenvalue weighted by Gasteiger charge is -2.03. The third kappa shape index (κ3) is 3.43. The van der Waals surface area contributed by atoms with Crippen LogP contribution in [-0.2, 0) is 10.0 Å². The minimum Gasteiger partial charge on any atom is -0.496 e. The lowest BCUT2D eigenvalue weighted by atomic mass is 10.2. The van der Waals surface area contributed by atoms with Gasteiger partial charge in [0.05, 0.1) is 17.7 Å². The highest BCUT2D eigenvalue weighted by Gasteiger charge is 2.06. The molecule has 0 amide bonds. The SMILES string of the molecule is COc1ccccc1C=Nc1ccc(S(N)(=O)=O)cc1. The van der Waals surface area contributed by atoms with Crippen LogP contribution in [0.1, 0.15) is 5.56 Å². The number of sulfonamides is 1. The van der Waals surface area contributed by atoms with E-state index in [1.165, 1.54) is 12.1 Å². The molecule has 2 aromatic carbocycles. The van der Waals surface area contributed by atoms with Crippen molar-refractivity contribution in [3.05, 3.63) is 54.1 Å². The summed E-state index contributed by atoms with van der Waals surface area (Å²) in [6, 6.07) is 13.5. The van der Waals surface area contributed by atoms with Gasteiger partial charge < -0.3 is 4.74 Å². The molecule has 104 valence electrons. The Morgan fingerprint density at radius 3 is 2.35 bits per heavy atom. The highest BCUT2D eigenvalue weighted by atomic mass is 32.2. The number of methoxy groups -OCH3 is 1. The van der Waals surface area contributed by atoms with Crippen molar-refractivity contribution in [1.82, 2.24) is 0 Å². The van der Waals surface area contributed by atoms with Crippen molar-refractivity contribution >= 4 is 21.9 Å². The minimum absolute atomic E-state index is 0.0636. The third-order valence-electron chi connectivity index (χ3n) is 2.66. The summed E-state index contributed by atoms with van der Waals surface area (Å²) in [5.74, 6) is 0.720. The summed E-state index contributed by atoms with van der Waals surface area (Å²) in [4.78, 5) is 4.33. The number of para-hydroxylation sites is 1. The molecule has 0 fully saturated rings. The molecule has 0 unspecified atom stereocenters. The molecule has 0 aliphatic carbocycles. The van der Waals surface area contributed by atoms with Crippen molar-refractivity contribution in [2.24, 2.45) is 10.1 Å². The standard InChI is InChI=1S/C14H14N2O3S/c1-19-14-5-3-2-4-11(14)10-16-12-6-8-13(9-7-12)20(15,17)18/h2-10H,1H3,(H2,15,17,18). The highest BCUT2D eigenvalue weighted by molar-refractivity contribution is 7.89. The van der Waals surface area contributed by atoms with Crippen molar-refractivity contribution in [2.45, 2.75) is 4.90 Å². The van der Waals surface area contributed by atoms with Crippen LogP contribution in [0, 0.1) is 0 Å². The van der Waals surface area contributed by atoms with Gasteiger partial charge >= 0.3 is 0 Å². The van der Waals surface area contributed by atoms with Crippen molar-refractivity contribution in [2.75, 3.05) is 7.11 Å². The van der Waals surface area contributed by atoms with Crippen molar-refractivity contribution in [1.29, 1.82) is 0 Å². The first-order valence-corrected chi connectivity index (χ1v) is 7.35. The first-order valence-electron chi connectivity index (χ1n) is 5.80. The second-order valence-electron chi connectivity index (χ2n) is 4.04. The minimum atomic E-state index is -3.67. The molecule has 0 heterocycles. The molecule has 0 radical (unpaired) electrons. The number of ether oxygens (including phenoxy) is 1. The second-order valence-corrected chi connectivity index (χ2v) is 5.60. The van der Waals surface area contributed by atoms with Crippen molar-refractivity contribution < 1.29 is 13.2 Å². The van der Waals surface area contributed by atoms with E-state index < -0.39 is 10.0 Å². The Morgan fingerprint density at radius 2 is 1.75 bits per heavy atom. The van der Waals surface area contributed by atoms with E-state index in [1.807, 2.05) is 24.3 Å². The fourth-order valence-corrected chi connectivity index (χ4v) is 2.15. The van der Waals surface area contributed by atoms with E-state index in [1.54, 1.807) is 25.5 Å². The van der Waals surface area contributed by atoms with E-state index in [-0.39, 0.29) is 4.90 Å². The molecule has 5 nitrogen and oxygen atoms in total. The summed E-state index contributed by atoms with van der Waals surface area (Å²) in [6.07, 6.45) is 1.66. The van der Waals surface area contributed by atoms with Gasteiger partial charge in [0.25, 0.3) is 0 Å². The van der Waals surface area contributed by atoms with Gasteiger partial charge in [-0.3, -0.25) is 4.99 Å². The smallest absolute Gasteiger partial charge is 0.238 e. The topological polar surface area (TPSA) is 81.8 Å². The van der Waals surface area contributed by atoms with Crippen molar-refractivity contribution in [3.8, 4) is 5.75 Å². The number of hydrogen-bond donors (Lipinski definition) is 1. The molecule has 2 aromatic rings. The highest BCUT2D eigenvalue weighted by Crippen LogP contribution is 2.18. The Kier molecular flexibility index (Phi) is 4.16. The normalized spacial score (nSPS) is 11.7. The average Bonchev–Trinajstić information content (AvgIpc) is 2.45. The van der Waals surface area contributed by atoms with Gasteiger partial charge in [0.1, 0.15) is 5.75 Å². The number of rotatable bonds is 4. The zero-order chi connectivity index (χ0) is 14.6. The molecule has 2 rings (SSSR count). The lowest BCUT2D eigenvalue weighted by Crippen LogP contribution is -2.11. The van der Waals surface area contributed by atoms with Crippen LogP contribution in [0.2, 0.25) is 0 Å². The number of aliphatic imine (C=N–C) groups is 1. The number of nitrogens with two attached hydrogens (primary N) is 1. The zero-order valence-corrected chi connectivity index (χ0v) is 11.7. The van der Waals surface area contributed by atoms with Crippen LogP contribution < -0.4 is 9.88 Å². The van der Waals surface area contributed by atoms with Crippen LogP contribution in [0.4, 0.5) is 5.69 Å². The largest absolute Gasteiger partial charge is 0.496 e. The maximum atomic E-state index is 11.1. The van der Waals surface area contributed by atoms with Crippen molar-refractivity contribution in [3.63, 3.8) is 0 Å². The number of benzene rings is 2. The van der Waals surface area contributed by atoms with Gasteiger partial charge in [-0.1, -0.05) is 12.1 Å². The zero-order valence-electron chi connectivity index (χ0n) is 10.9. The average molecular weight is 290 g/mol. The first kappa shape index (κ1) is 14.2. The summed E-state index contributed by atoms with van der Waals surface area (Å²) in [7, 11) is -2.08. The molecule has 0 atom stereocenters. The molecule has 2 N–H and O–H groups in total. The number of primary sulfonamides is 1. The fraction of sp³-hybridized carbons (Fsp3) is 0.0714. The summed E-state index contributed by atoms with van der Waals surface area (Å²) in [5, 5.41) is 5.03. The van der Waals surface area contributed by atoms with E-state index in [4.69, 9.17) is 9.88 Å². The van der Waals surface area contributed by atoms with E-state index in [0.717, 1.165) is 11.3 Å². The maximum Gasteiger partial charge on any atom is 0.238 e. The van der Waals surface area contributed by atoms with E-state index in [9.17, 15) is 8.42 Å². The Morgan fingerprint density at radius 1 is 1.10 bits per heavy atom. The van der Waals surface area contributed by atoms with Crippen LogP contribution in [0.3, 0.4) is 0 Å². The van der Waals surface area contributed by atoms with Gasteiger partial charge in [0.15, 0.2) is 0 Å². The van der Waals surface area contributed by atoms with E-state index >= 15 is 0 Å². The molecule has 0 aliphatic heterocycles. The molecule has 0 saturated heterocycles. The quantitative estimate of drug-likeness (QED) is 0.875. The van der Waals surface area contributed by atoms with Gasteiger partial charge in [-0.2, -0.15) is 0 Å². The molecule has 0 aliphatic rings. The van der Waals surface area contributed by atoms with Crippen LogP contribution in [0.15, 0.2) is 58.4 Å². The van der Waals surface area contributed by atoms with Gasteiger partial charge in [0.2, 0.25) is 10.0 Å². The summed E-state index contributed by atoms with van der Waals surface area (Å²) >= 11 is 0. The monoisotopic (exact) mass is 290 g/mol. The lowest BCUT2D eigenvalue weighted by molar-refractivity contribution is 0.414. The molecular formula is C14H14N2O3S. The Labute approximate surface area is 117 Å². The van der Waals surface area contributed by atoms with Gasteiger partial charge in [0, 0.05) is 11.8 Å². The molecule has 0 aromatic heterocycles. The van der Waals surface area contributed by atoms with Gasteiger partial charge in [-0.15, -0.1) is 0 Å². The van der Waals surface area contributed by atoms with Crippen LogP contribution in [-0.4, -0.2) is 21.7 Å². The van der Waals surface area contributed by atoms with Crippen LogP contribution in [0.25, 0.3) is 0 Å². The predicted octanol–water partition coefficient (Wildman–Crippen LogP) is 2.09. The first-order chi connectivity index (χ1) is 9.50. The second kappa shape index (κ2) is 5.85. The van der Waals surface area contributed by atoms with Gasteiger partial charge in [-0.05, 0) is 36.4 Å². The summed E-state index contributed by atoms with van der Waals surface area (Å²) < 4.78 is 27.5. The van der Waals surface area contributed by atoms with Gasteiger partial charge in [-0.25, -0.2) is 13.6 Å². The Hall–Kier alpha value is -2.18. The molecule has 0 saturated carbocycles. The number of nitrogens with zero attached hydrogens (tertiary/aromatic N) is 1. The van der Waals surface area contributed by atoms with E-state index in [2.05, 4.69) is 4.99 Å². The molecule has 20 heavy (non-hydrogen) atoms. The van der Waals surface area contributed by atoms with Crippen LogP contribution >= 0.6 is 0 Å².